The van der Waals surface area contributed by atoms with Gasteiger partial charge in [-0.3, -0.25) is 9.59 Å². The lowest BCUT2D eigenvalue weighted by Gasteiger charge is -2.23. The zero-order valence-corrected chi connectivity index (χ0v) is 19.7. The number of benzene rings is 2. The summed E-state index contributed by atoms with van der Waals surface area (Å²) in [6.45, 7) is 0.725. The minimum absolute atomic E-state index is 0.0000274. The van der Waals surface area contributed by atoms with Gasteiger partial charge < -0.3 is 14.8 Å². The van der Waals surface area contributed by atoms with Crippen LogP contribution in [-0.2, 0) is 11.8 Å². The molecule has 2 amide bonds. The second kappa shape index (κ2) is 9.36. The van der Waals surface area contributed by atoms with Gasteiger partial charge in [-0.2, -0.15) is 0 Å². The monoisotopic (exact) mass is 477 g/mol. The number of carbonyl (C=O) groups excluding carboxylic acids is 2. The maximum absolute atomic E-state index is 13.2. The maximum Gasteiger partial charge on any atom is 0.254 e. The molecule has 1 aliphatic rings. The van der Waals surface area contributed by atoms with E-state index in [-0.39, 0.29) is 23.6 Å². The highest BCUT2D eigenvalue weighted by molar-refractivity contribution is 7.99. The van der Waals surface area contributed by atoms with Gasteiger partial charge in [0.1, 0.15) is 5.01 Å². The molecule has 0 bridgehead atoms. The molecule has 7 nitrogen and oxygen atoms in total. The maximum atomic E-state index is 13.2. The minimum Gasteiger partial charge on any atom is -0.329 e. The van der Waals surface area contributed by atoms with Gasteiger partial charge in [0.25, 0.3) is 5.91 Å². The lowest BCUT2D eigenvalue weighted by atomic mass is 10.1. The van der Waals surface area contributed by atoms with Crippen molar-refractivity contribution in [2.45, 2.75) is 24.0 Å². The third kappa shape index (κ3) is 4.65. The number of imidazole rings is 1. The van der Waals surface area contributed by atoms with Gasteiger partial charge in [-0.15, -0.1) is 11.3 Å². The van der Waals surface area contributed by atoms with E-state index in [0.29, 0.717) is 11.3 Å². The van der Waals surface area contributed by atoms with Crippen LogP contribution in [0.5, 0.6) is 0 Å². The molecule has 2 aromatic heterocycles. The standard InChI is InChI=1S/C24H23N5O2S2/c1-28-14-12-25-24(28)32-15-21(30)26-17-10-8-16(9-11-17)23(31)29-13-4-6-19(29)22-27-18-5-2-3-7-20(18)33-22/h2-3,5,7-12,14,19H,4,6,13,15H2,1H3,(H,26,30)/t19-/m1/s1. The van der Waals surface area contributed by atoms with Crippen molar-refractivity contribution in [2.24, 2.45) is 7.05 Å². The van der Waals surface area contributed by atoms with Crippen molar-refractivity contribution in [1.29, 1.82) is 0 Å². The molecule has 9 heteroatoms. The van der Waals surface area contributed by atoms with Crippen LogP contribution in [0.2, 0.25) is 0 Å². The molecule has 1 N–H and O–H groups in total. The number of hydrogen-bond donors (Lipinski definition) is 1. The zero-order chi connectivity index (χ0) is 22.8. The lowest BCUT2D eigenvalue weighted by molar-refractivity contribution is -0.113. The summed E-state index contributed by atoms with van der Waals surface area (Å²) in [6.07, 6.45) is 5.44. The first kappa shape index (κ1) is 21.7. The Hall–Kier alpha value is -3.17. The number of nitrogens with zero attached hydrogens (tertiary/aromatic N) is 4. The summed E-state index contributed by atoms with van der Waals surface area (Å²) in [7, 11) is 1.89. The first-order chi connectivity index (χ1) is 16.1. The Bertz CT molecular complexity index is 1260. The van der Waals surface area contributed by atoms with Gasteiger partial charge >= 0.3 is 0 Å². The van der Waals surface area contributed by atoms with Gasteiger partial charge in [0.05, 0.1) is 22.0 Å². The quantitative estimate of drug-likeness (QED) is 0.406. The smallest absolute Gasteiger partial charge is 0.254 e. The van der Waals surface area contributed by atoms with Crippen LogP contribution >= 0.6 is 23.1 Å². The number of aryl methyl sites for hydroxylation is 1. The molecule has 33 heavy (non-hydrogen) atoms. The number of carbonyl (C=O) groups is 2. The molecule has 0 radical (unpaired) electrons. The Morgan fingerprint density at radius 3 is 2.76 bits per heavy atom. The number of hydrogen-bond acceptors (Lipinski definition) is 6. The number of thiazole rings is 1. The Morgan fingerprint density at radius 2 is 2.00 bits per heavy atom. The van der Waals surface area contributed by atoms with Crippen LogP contribution in [0.25, 0.3) is 10.2 Å². The van der Waals surface area contributed by atoms with E-state index in [2.05, 4.69) is 16.4 Å². The number of thioether (sulfide) groups is 1. The topological polar surface area (TPSA) is 80.1 Å². The SMILES string of the molecule is Cn1ccnc1SCC(=O)Nc1ccc(C(=O)N2CCC[C@@H]2c2nc3ccccc3s2)cc1. The molecule has 4 aromatic rings. The molecule has 0 saturated carbocycles. The Balaban J connectivity index is 1.23. The second-order valence-corrected chi connectivity index (χ2v) is 9.92. The predicted octanol–water partition coefficient (Wildman–Crippen LogP) is 4.74. The number of rotatable bonds is 6. The van der Waals surface area contributed by atoms with E-state index in [1.54, 1.807) is 41.8 Å². The summed E-state index contributed by atoms with van der Waals surface area (Å²) in [5.41, 5.74) is 2.27. The van der Waals surface area contributed by atoms with Crippen LogP contribution in [-0.4, -0.2) is 43.5 Å². The largest absolute Gasteiger partial charge is 0.329 e. The van der Waals surface area contributed by atoms with Crippen LogP contribution in [0.4, 0.5) is 5.69 Å². The molecule has 1 atom stereocenters. The Morgan fingerprint density at radius 1 is 1.18 bits per heavy atom. The fourth-order valence-corrected chi connectivity index (χ4v) is 5.83. The van der Waals surface area contributed by atoms with E-state index >= 15 is 0 Å². The van der Waals surface area contributed by atoms with E-state index < -0.39 is 0 Å². The first-order valence-electron chi connectivity index (χ1n) is 10.7. The summed E-state index contributed by atoms with van der Waals surface area (Å²) in [6, 6.07) is 15.2. The number of nitrogens with one attached hydrogen (secondary N) is 1. The molecule has 0 spiro atoms. The van der Waals surface area contributed by atoms with Crippen LogP contribution in [0.15, 0.2) is 66.1 Å². The molecule has 1 fully saturated rings. The molecule has 0 aliphatic carbocycles. The highest BCUT2D eigenvalue weighted by Gasteiger charge is 2.32. The van der Waals surface area contributed by atoms with E-state index in [0.717, 1.165) is 39.8 Å². The van der Waals surface area contributed by atoms with Crippen molar-refractivity contribution in [1.82, 2.24) is 19.4 Å². The van der Waals surface area contributed by atoms with Crippen molar-refractivity contribution in [3.8, 4) is 0 Å². The van der Waals surface area contributed by atoms with Crippen molar-refractivity contribution in [2.75, 3.05) is 17.6 Å². The van der Waals surface area contributed by atoms with Crippen LogP contribution in [0.1, 0.15) is 34.2 Å². The van der Waals surface area contributed by atoms with Crippen molar-refractivity contribution in [3.63, 3.8) is 0 Å². The number of anilines is 1. The molecule has 1 aliphatic heterocycles. The van der Waals surface area contributed by atoms with Crippen LogP contribution in [0, 0.1) is 0 Å². The number of para-hydroxylation sites is 1. The molecule has 2 aromatic carbocycles. The van der Waals surface area contributed by atoms with Gasteiger partial charge in [0.15, 0.2) is 5.16 Å². The number of aromatic nitrogens is 3. The fraction of sp³-hybridized carbons (Fsp3) is 0.250. The Kier molecular flexibility index (Phi) is 6.15. The van der Waals surface area contributed by atoms with Crippen molar-refractivity contribution >= 4 is 50.8 Å². The average Bonchev–Trinajstić information content (AvgIpc) is 3.56. The summed E-state index contributed by atoms with van der Waals surface area (Å²) in [5, 5.41) is 4.67. The number of likely N-dealkylation sites (tertiary alicyclic amines) is 1. The second-order valence-electron chi connectivity index (χ2n) is 7.91. The highest BCUT2D eigenvalue weighted by Crippen LogP contribution is 2.37. The molecule has 1 saturated heterocycles. The summed E-state index contributed by atoms with van der Waals surface area (Å²) >= 11 is 3.04. The van der Waals surface area contributed by atoms with Crippen molar-refractivity contribution in [3.05, 3.63) is 71.5 Å². The molecule has 3 heterocycles. The van der Waals surface area contributed by atoms with E-state index in [1.165, 1.54) is 11.8 Å². The van der Waals surface area contributed by atoms with E-state index in [1.807, 2.05) is 40.9 Å². The minimum atomic E-state index is -0.113. The number of fused-ring (bicyclic) bond motifs is 1. The summed E-state index contributed by atoms with van der Waals surface area (Å²) in [4.78, 5) is 36.4. The molecule has 0 unspecified atom stereocenters. The summed E-state index contributed by atoms with van der Waals surface area (Å²) < 4.78 is 3.02. The fourth-order valence-electron chi connectivity index (χ4n) is 3.98. The molecular weight excluding hydrogens is 454 g/mol. The first-order valence-corrected chi connectivity index (χ1v) is 12.5. The van der Waals surface area contributed by atoms with Gasteiger partial charge in [-0.25, -0.2) is 9.97 Å². The van der Waals surface area contributed by atoms with Crippen LogP contribution < -0.4 is 5.32 Å². The third-order valence-electron chi connectivity index (χ3n) is 5.63. The number of amides is 2. The molecular formula is C24H23N5O2S2. The van der Waals surface area contributed by atoms with E-state index in [9.17, 15) is 9.59 Å². The van der Waals surface area contributed by atoms with Crippen molar-refractivity contribution < 1.29 is 9.59 Å². The van der Waals surface area contributed by atoms with Gasteiger partial charge in [0.2, 0.25) is 5.91 Å². The molecule has 5 rings (SSSR count). The lowest BCUT2D eigenvalue weighted by Crippen LogP contribution is -2.30. The molecule has 168 valence electrons. The third-order valence-corrected chi connectivity index (χ3v) is 7.83. The highest BCUT2D eigenvalue weighted by atomic mass is 32.2. The Labute approximate surface area is 199 Å². The average molecular weight is 478 g/mol. The summed E-state index contributed by atoms with van der Waals surface area (Å²) in [5.74, 6) is 0.154. The normalized spacial score (nSPS) is 15.8. The predicted molar refractivity (Wildman–Crippen MR) is 132 cm³/mol. The van der Waals surface area contributed by atoms with E-state index in [4.69, 9.17) is 4.98 Å². The van der Waals surface area contributed by atoms with Crippen LogP contribution in [0.3, 0.4) is 0 Å². The van der Waals surface area contributed by atoms with Gasteiger partial charge in [-0.1, -0.05) is 23.9 Å². The zero-order valence-electron chi connectivity index (χ0n) is 18.1. The van der Waals surface area contributed by atoms with Gasteiger partial charge in [0, 0.05) is 37.2 Å². The van der Waals surface area contributed by atoms with Gasteiger partial charge in [-0.05, 0) is 49.2 Å².